The van der Waals surface area contributed by atoms with Gasteiger partial charge in [0.15, 0.2) is 0 Å². The first-order valence-corrected chi connectivity index (χ1v) is 11.8. The minimum Gasteiger partial charge on any atom is -0.457 e. The first-order chi connectivity index (χ1) is 19.2. The molecule has 0 radical (unpaired) electrons. The van der Waals surface area contributed by atoms with E-state index in [0.29, 0.717) is 34.1 Å². The predicted molar refractivity (Wildman–Crippen MR) is 142 cm³/mol. The Bertz CT molecular complexity index is 1300. The Morgan fingerprint density at radius 2 is 0.950 bits per heavy atom. The van der Waals surface area contributed by atoms with Crippen LogP contribution in [0, 0.1) is 13.8 Å². The van der Waals surface area contributed by atoms with E-state index in [-0.39, 0.29) is 24.7 Å². The van der Waals surface area contributed by atoms with Crippen LogP contribution in [0.1, 0.15) is 31.8 Å². The molecule has 0 atom stereocenters. The molecule has 0 heterocycles. The van der Waals surface area contributed by atoms with Crippen molar-refractivity contribution in [3.63, 3.8) is 0 Å². The minimum atomic E-state index is -0.613. The molecule has 3 aromatic rings. The lowest BCUT2D eigenvalue weighted by Crippen LogP contribution is -2.12. The lowest BCUT2D eigenvalue weighted by atomic mass is 10.1. The molecule has 0 saturated heterocycles. The highest BCUT2D eigenvalue weighted by atomic mass is 16.7. The lowest BCUT2D eigenvalue weighted by Gasteiger charge is -2.14. The van der Waals surface area contributed by atoms with E-state index in [9.17, 15) is 19.2 Å². The van der Waals surface area contributed by atoms with Gasteiger partial charge >= 0.3 is 23.9 Å². The average Bonchev–Trinajstić information content (AvgIpc) is 2.97. The number of rotatable bonds is 12. The van der Waals surface area contributed by atoms with E-state index in [2.05, 4.69) is 13.2 Å². The second-order valence-electron chi connectivity index (χ2n) is 8.00. The van der Waals surface area contributed by atoms with Crippen LogP contribution in [0.4, 0.5) is 0 Å². The molecule has 10 heteroatoms. The van der Waals surface area contributed by atoms with E-state index in [0.717, 1.165) is 12.2 Å². The Hall–Kier alpha value is -5.38. The van der Waals surface area contributed by atoms with Gasteiger partial charge in [-0.15, -0.1) is 0 Å². The molecule has 0 aromatic heterocycles. The smallest absolute Gasteiger partial charge is 0.343 e. The molecular weight excluding hydrogens is 520 g/mol. The highest BCUT2D eigenvalue weighted by molar-refractivity contribution is 5.92. The van der Waals surface area contributed by atoms with E-state index >= 15 is 0 Å². The third-order valence-electron chi connectivity index (χ3n) is 5.46. The topological polar surface area (TPSA) is 124 Å². The van der Waals surface area contributed by atoms with E-state index in [1.807, 2.05) is 0 Å². The summed E-state index contributed by atoms with van der Waals surface area (Å²) in [5.74, 6) is -1.03. The fraction of sp³-hybridized carbons (Fsp3) is 0.133. The van der Waals surface area contributed by atoms with Gasteiger partial charge in [0.25, 0.3) is 0 Å². The maximum atomic E-state index is 12.7. The summed E-state index contributed by atoms with van der Waals surface area (Å²) in [6.07, 6.45) is 2.04. The monoisotopic (exact) mass is 546 g/mol. The SMILES string of the molecule is C=CC(=O)OCOc1ccc(C(=O)Oc2ccc(OC(=O)c3ccc(OCOC(=O)C=C)cc3)c(C)c2C)cc1. The van der Waals surface area contributed by atoms with Gasteiger partial charge in [-0.25, -0.2) is 19.2 Å². The molecule has 40 heavy (non-hydrogen) atoms. The summed E-state index contributed by atoms with van der Waals surface area (Å²) in [5, 5.41) is 0. The zero-order valence-corrected chi connectivity index (χ0v) is 21.8. The summed E-state index contributed by atoms with van der Waals surface area (Å²) >= 11 is 0. The highest BCUT2D eigenvalue weighted by Crippen LogP contribution is 2.30. The number of hydrogen-bond donors (Lipinski definition) is 0. The molecule has 0 aliphatic carbocycles. The van der Waals surface area contributed by atoms with Crippen LogP contribution >= 0.6 is 0 Å². The van der Waals surface area contributed by atoms with E-state index in [1.165, 1.54) is 60.7 Å². The molecule has 10 nitrogen and oxygen atoms in total. The molecule has 3 rings (SSSR count). The van der Waals surface area contributed by atoms with Crippen LogP contribution in [-0.4, -0.2) is 37.5 Å². The summed E-state index contributed by atoms with van der Waals surface area (Å²) in [4.78, 5) is 47.4. The maximum Gasteiger partial charge on any atom is 0.343 e. The Labute approximate surface area is 230 Å². The molecule has 0 bridgehead atoms. The second kappa shape index (κ2) is 14.0. The first kappa shape index (κ1) is 29.2. The molecule has 3 aromatic carbocycles. The van der Waals surface area contributed by atoms with Gasteiger partial charge in [0.1, 0.15) is 23.0 Å². The van der Waals surface area contributed by atoms with Crippen molar-refractivity contribution < 1.29 is 47.6 Å². The Morgan fingerprint density at radius 3 is 1.27 bits per heavy atom. The summed E-state index contributed by atoms with van der Waals surface area (Å²) in [5.41, 5.74) is 1.77. The van der Waals surface area contributed by atoms with Crippen molar-refractivity contribution in [1.82, 2.24) is 0 Å². The molecule has 0 saturated carbocycles. The van der Waals surface area contributed by atoms with Crippen LogP contribution in [0.3, 0.4) is 0 Å². The standard InChI is InChI=1S/C30H26O10/c1-5-27(31)37-17-35-23-11-7-21(8-12-23)29(33)39-25-15-16-26(20(4)19(25)3)40-30(34)22-9-13-24(14-10-22)36-18-38-28(32)6-2/h5-16H,1-2,17-18H2,3-4H3. The van der Waals surface area contributed by atoms with Crippen molar-refractivity contribution >= 4 is 23.9 Å². The van der Waals surface area contributed by atoms with Gasteiger partial charge < -0.3 is 28.4 Å². The van der Waals surface area contributed by atoms with Crippen LogP contribution in [0.25, 0.3) is 0 Å². The van der Waals surface area contributed by atoms with Crippen molar-refractivity contribution in [2.24, 2.45) is 0 Å². The van der Waals surface area contributed by atoms with Crippen molar-refractivity contribution in [2.45, 2.75) is 13.8 Å². The number of benzene rings is 3. The van der Waals surface area contributed by atoms with Crippen LogP contribution in [0.5, 0.6) is 23.0 Å². The molecule has 0 unspecified atom stereocenters. The molecule has 0 aliphatic rings. The van der Waals surface area contributed by atoms with Gasteiger partial charge in [-0.2, -0.15) is 0 Å². The normalized spacial score (nSPS) is 10.1. The average molecular weight is 547 g/mol. The second-order valence-corrected chi connectivity index (χ2v) is 8.00. The summed E-state index contributed by atoms with van der Waals surface area (Å²) in [6, 6.07) is 15.3. The zero-order valence-electron chi connectivity index (χ0n) is 21.8. The van der Waals surface area contributed by atoms with Crippen LogP contribution in [0.15, 0.2) is 86.0 Å². The fourth-order valence-corrected chi connectivity index (χ4v) is 3.11. The summed E-state index contributed by atoms with van der Waals surface area (Å²) < 4.78 is 31.1. The van der Waals surface area contributed by atoms with E-state index in [4.69, 9.17) is 28.4 Å². The Morgan fingerprint density at radius 1 is 0.600 bits per heavy atom. The van der Waals surface area contributed by atoms with Crippen molar-refractivity contribution in [3.8, 4) is 23.0 Å². The quantitative estimate of drug-likeness (QED) is 0.134. The molecule has 0 spiro atoms. The molecule has 206 valence electrons. The Kier molecular flexibility index (Phi) is 10.2. The lowest BCUT2D eigenvalue weighted by molar-refractivity contribution is -0.145. The van der Waals surface area contributed by atoms with E-state index < -0.39 is 23.9 Å². The highest BCUT2D eigenvalue weighted by Gasteiger charge is 2.17. The van der Waals surface area contributed by atoms with Crippen LogP contribution in [0.2, 0.25) is 0 Å². The number of esters is 4. The molecule has 0 N–H and O–H groups in total. The Balaban J connectivity index is 1.58. The van der Waals surface area contributed by atoms with Gasteiger partial charge in [-0.05, 0) is 85.6 Å². The maximum absolute atomic E-state index is 12.7. The van der Waals surface area contributed by atoms with E-state index in [1.54, 1.807) is 13.8 Å². The molecular formula is C30H26O10. The van der Waals surface area contributed by atoms with Crippen molar-refractivity contribution in [2.75, 3.05) is 13.6 Å². The van der Waals surface area contributed by atoms with Gasteiger partial charge in [-0.1, -0.05) is 13.2 Å². The van der Waals surface area contributed by atoms with Gasteiger partial charge in [0.2, 0.25) is 13.6 Å². The summed E-state index contributed by atoms with van der Waals surface area (Å²) in [6.45, 7) is 9.47. The van der Waals surface area contributed by atoms with Crippen molar-refractivity contribution in [3.05, 3.63) is 108 Å². The number of ether oxygens (including phenoxy) is 6. The number of carbonyl (C=O) groups excluding carboxylic acids is 4. The van der Waals surface area contributed by atoms with Gasteiger partial charge in [0, 0.05) is 12.2 Å². The molecule has 0 fully saturated rings. The molecule has 0 aliphatic heterocycles. The predicted octanol–water partition coefficient (Wildman–Crippen LogP) is 4.87. The minimum absolute atomic E-state index is 0.272. The molecule has 0 amide bonds. The third kappa shape index (κ3) is 8.06. The number of carbonyl (C=O) groups is 4. The third-order valence-corrected chi connectivity index (χ3v) is 5.46. The first-order valence-electron chi connectivity index (χ1n) is 11.8. The number of hydrogen-bond acceptors (Lipinski definition) is 10. The van der Waals surface area contributed by atoms with Crippen molar-refractivity contribution in [1.29, 1.82) is 0 Å². The largest absolute Gasteiger partial charge is 0.457 e. The van der Waals surface area contributed by atoms with Crippen LogP contribution < -0.4 is 18.9 Å². The van der Waals surface area contributed by atoms with Gasteiger partial charge in [0.05, 0.1) is 11.1 Å². The fourth-order valence-electron chi connectivity index (χ4n) is 3.11. The van der Waals surface area contributed by atoms with Gasteiger partial charge in [-0.3, -0.25) is 0 Å². The summed E-state index contributed by atoms with van der Waals surface area (Å²) in [7, 11) is 0. The zero-order chi connectivity index (χ0) is 29.1. The van der Waals surface area contributed by atoms with Crippen LogP contribution in [-0.2, 0) is 19.1 Å².